The van der Waals surface area contributed by atoms with E-state index in [1.54, 1.807) is 0 Å². The maximum absolute atomic E-state index is 6.03. The van der Waals surface area contributed by atoms with E-state index in [-0.39, 0.29) is 0 Å². The van der Waals surface area contributed by atoms with Gasteiger partial charge in [0, 0.05) is 17.6 Å². The molecule has 2 nitrogen and oxygen atoms in total. The Bertz CT molecular complexity index is 388. The van der Waals surface area contributed by atoms with Gasteiger partial charge in [-0.15, -0.1) is 0 Å². The fourth-order valence-corrected chi connectivity index (χ4v) is 2.94. The molecule has 1 aliphatic heterocycles. The summed E-state index contributed by atoms with van der Waals surface area (Å²) in [6.07, 6.45) is 2.75. The highest BCUT2D eigenvalue weighted by Crippen LogP contribution is 2.17. The first-order valence-electron chi connectivity index (χ1n) is 7.36. The third-order valence-electron chi connectivity index (χ3n) is 3.89. The van der Waals surface area contributed by atoms with E-state index in [1.165, 1.54) is 38.0 Å². The molecule has 0 aliphatic carbocycles. The Balaban J connectivity index is 1.74. The predicted octanol–water partition coefficient (Wildman–Crippen LogP) is 3.72. The first kappa shape index (κ1) is 14.8. The third kappa shape index (κ3) is 4.79. The summed E-state index contributed by atoms with van der Waals surface area (Å²) in [6, 6.07) is 8.48. The second kappa shape index (κ2) is 7.28. The molecular weight excluding hydrogens is 256 g/mol. The number of hydrogen-bond acceptors (Lipinski definition) is 2. The quantitative estimate of drug-likeness (QED) is 0.854. The Labute approximate surface area is 122 Å². The summed E-state index contributed by atoms with van der Waals surface area (Å²) in [4.78, 5) is 2.58. The predicted molar refractivity (Wildman–Crippen MR) is 82.7 cm³/mol. The van der Waals surface area contributed by atoms with Crippen molar-refractivity contribution in [2.75, 3.05) is 26.2 Å². The molecule has 3 heteroatoms. The lowest BCUT2D eigenvalue weighted by atomic mass is 10.1. The average molecular weight is 281 g/mol. The molecule has 0 saturated carbocycles. The Morgan fingerprint density at radius 2 is 2.00 bits per heavy atom. The summed E-state index contributed by atoms with van der Waals surface area (Å²) < 4.78 is 0. The van der Waals surface area contributed by atoms with Crippen LogP contribution in [-0.2, 0) is 0 Å². The highest BCUT2D eigenvalue weighted by molar-refractivity contribution is 6.30. The van der Waals surface area contributed by atoms with Crippen LogP contribution in [0.1, 0.15) is 38.3 Å². The molecule has 1 aromatic carbocycles. The zero-order valence-electron chi connectivity index (χ0n) is 12.0. The minimum Gasteiger partial charge on any atom is -0.310 e. The second-order valence-electron chi connectivity index (χ2n) is 5.80. The molecule has 19 heavy (non-hydrogen) atoms. The smallest absolute Gasteiger partial charge is 0.0409 e. The van der Waals surface area contributed by atoms with Crippen LogP contribution in [0.5, 0.6) is 0 Å². The van der Waals surface area contributed by atoms with E-state index < -0.39 is 0 Å². The van der Waals surface area contributed by atoms with Crippen molar-refractivity contribution >= 4 is 11.6 Å². The number of rotatable bonds is 6. The molecule has 0 spiro atoms. The first-order chi connectivity index (χ1) is 9.15. The fraction of sp³-hybridized carbons (Fsp3) is 0.625. The van der Waals surface area contributed by atoms with Crippen LogP contribution in [0.15, 0.2) is 24.3 Å². The van der Waals surface area contributed by atoms with Crippen molar-refractivity contribution in [3.8, 4) is 0 Å². The molecule has 0 amide bonds. The first-order valence-corrected chi connectivity index (χ1v) is 7.74. The highest BCUT2D eigenvalue weighted by Gasteiger charge is 2.15. The van der Waals surface area contributed by atoms with Crippen LogP contribution in [0, 0.1) is 5.92 Å². The van der Waals surface area contributed by atoms with Gasteiger partial charge in [-0.2, -0.15) is 0 Å². The van der Waals surface area contributed by atoms with Gasteiger partial charge in [0.2, 0.25) is 0 Å². The van der Waals surface area contributed by atoms with Gasteiger partial charge in [0.05, 0.1) is 0 Å². The summed E-state index contributed by atoms with van der Waals surface area (Å²) >= 11 is 6.03. The topological polar surface area (TPSA) is 15.3 Å². The summed E-state index contributed by atoms with van der Waals surface area (Å²) in [6.45, 7) is 9.38. The molecule has 1 N–H and O–H groups in total. The van der Waals surface area contributed by atoms with Gasteiger partial charge in [0.25, 0.3) is 0 Å². The molecule has 1 fully saturated rings. The Kier molecular flexibility index (Phi) is 5.68. The SMILES string of the molecule is CC(CNC(C)c1cccc(Cl)c1)CN1CCCC1. The van der Waals surface area contributed by atoms with Crippen LogP contribution < -0.4 is 5.32 Å². The number of nitrogens with zero attached hydrogens (tertiary/aromatic N) is 1. The second-order valence-corrected chi connectivity index (χ2v) is 6.23. The fourth-order valence-electron chi connectivity index (χ4n) is 2.74. The van der Waals surface area contributed by atoms with Crippen LogP contribution in [0.25, 0.3) is 0 Å². The summed E-state index contributed by atoms with van der Waals surface area (Å²) in [5.41, 5.74) is 1.26. The summed E-state index contributed by atoms with van der Waals surface area (Å²) in [7, 11) is 0. The van der Waals surface area contributed by atoms with Crippen molar-refractivity contribution in [3.05, 3.63) is 34.9 Å². The van der Waals surface area contributed by atoms with Crippen LogP contribution in [-0.4, -0.2) is 31.1 Å². The minimum absolute atomic E-state index is 0.361. The van der Waals surface area contributed by atoms with Crippen LogP contribution in [0.4, 0.5) is 0 Å². The van der Waals surface area contributed by atoms with E-state index in [1.807, 2.05) is 18.2 Å². The van der Waals surface area contributed by atoms with Gasteiger partial charge in [0.1, 0.15) is 0 Å². The maximum Gasteiger partial charge on any atom is 0.0409 e. The Morgan fingerprint density at radius 1 is 1.26 bits per heavy atom. The molecule has 106 valence electrons. The number of likely N-dealkylation sites (tertiary alicyclic amines) is 1. The highest BCUT2D eigenvalue weighted by atomic mass is 35.5. The molecule has 0 radical (unpaired) electrons. The lowest BCUT2D eigenvalue weighted by molar-refractivity contribution is 0.279. The Morgan fingerprint density at radius 3 is 2.68 bits per heavy atom. The van der Waals surface area contributed by atoms with Gasteiger partial charge in [-0.1, -0.05) is 30.7 Å². The minimum atomic E-state index is 0.361. The average Bonchev–Trinajstić information content (AvgIpc) is 2.88. The maximum atomic E-state index is 6.03. The third-order valence-corrected chi connectivity index (χ3v) is 4.12. The van der Waals surface area contributed by atoms with E-state index in [4.69, 9.17) is 11.6 Å². The molecule has 2 unspecified atom stereocenters. The van der Waals surface area contributed by atoms with Crippen LogP contribution in [0.3, 0.4) is 0 Å². The van der Waals surface area contributed by atoms with E-state index in [9.17, 15) is 0 Å². The normalized spacial score (nSPS) is 19.5. The molecule has 0 aromatic heterocycles. The van der Waals surface area contributed by atoms with Gasteiger partial charge in [0.15, 0.2) is 0 Å². The van der Waals surface area contributed by atoms with Crippen molar-refractivity contribution in [1.29, 1.82) is 0 Å². The van der Waals surface area contributed by atoms with E-state index in [0.717, 1.165) is 11.6 Å². The van der Waals surface area contributed by atoms with E-state index in [0.29, 0.717) is 12.0 Å². The monoisotopic (exact) mass is 280 g/mol. The van der Waals surface area contributed by atoms with E-state index in [2.05, 4.69) is 30.1 Å². The molecule has 1 aromatic rings. The van der Waals surface area contributed by atoms with Crippen molar-refractivity contribution in [2.45, 2.75) is 32.7 Å². The number of hydrogen-bond donors (Lipinski definition) is 1. The van der Waals surface area contributed by atoms with Crippen LogP contribution >= 0.6 is 11.6 Å². The lowest BCUT2D eigenvalue weighted by Crippen LogP contribution is -2.32. The van der Waals surface area contributed by atoms with Crippen molar-refractivity contribution in [2.24, 2.45) is 5.92 Å². The van der Waals surface area contributed by atoms with Crippen molar-refractivity contribution in [1.82, 2.24) is 10.2 Å². The van der Waals surface area contributed by atoms with Gasteiger partial charge in [-0.25, -0.2) is 0 Å². The van der Waals surface area contributed by atoms with Gasteiger partial charge >= 0.3 is 0 Å². The largest absolute Gasteiger partial charge is 0.310 e. The standard InChI is InChI=1S/C16H25ClN2/c1-13(12-19-8-3-4-9-19)11-18-14(2)15-6-5-7-16(17)10-15/h5-7,10,13-14,18H,3-4,8-9,11-12H2,1-2H3. The number of halogens is 1. The number of benzene rings is 1. The van der Waals surface area contributed by atoms with E-state index >= 15 is 0 Å². The van der Waals surface area contributed by atoms with Crippen LogP contribution in [0.2, 0.25) is 5.02 Å². The lowest BCUT2D eigenvalue weighted by Gasteiger charge is -2.22. The molecule has 1 aliphatic rings. The molecular formula is C16H25ClN2. The van der Waals surface area contributed by atoms with Gasteiger partial charge in [-0.05, 0) is 63.0 Å². The van der Waals surface area contributed by atoms with Gasteiger partial charge < -0.3 is 10.2 Å². The van der Waals surface area contributed by atoms with Gasteiger partial charge in [-0.3, -0.25) is 0 Å². The van der Waals surface area contributed by atoms with Crippen molar-refractivity contribution in [3.63, 3.8) is 0 Å². The molecule has 1 saturated heterocycles. The zero-order valence-corrected chi connectivity index (χ0v) is 12.8. The molecule has 2 atom stereocenters. The molecule has 1 heterocycles. The zero-order chi connectivity index (χ0) is 13.7. The molecule has 0 bridgehead atoms. The molecule has 2 rings (SSSR count). The summed E-state index contributed by atoms with van der Waals surface area (Å²) in [5.74, 6) is 0.694. The van der Waals surface area contributed by atoms with Crippen molar-refractivity contribution < 1.29 is 0 Å². The summed E-state index contributed by atoms with van der Waals surface area (Å²) in [5, 5.41) is 4.43. The number of nitrogens with one attached hydrogen (secondary N) is 1. The Hall–Kier alpha value is -0.570.